The average molecular weight is 225 g/mol. The second kappa shape index (κ2) is 4.64. The molecule has 0 amide bonds. The molecule has 1 aromatic heterocycles. The van der Waals surface area contributed by atoms with Gasteiger partial charge in [-0.15, -0.1) is 11.3 Å². The summed E-state index contributed by atoms with van der Waals surface area (Å²) in [5.41, 5.74) is 1.34. The number of methoxy groups -OCH3 is 1. The maximum atomic E-state index is 5.81. The van der Waals surface area contributed by atoms with Gasteiger partial charge in [-0.3, -0.25) is 0 Å². The highest BCUT2D eigenvalue weighted by Gasteiger charge is 2.35. The zero-order valence-electron chi connectivity index (χ0n) is 9.51. The predicted molar refractivity (Wildman–Crippen MR) is 64.5 cm³/mol. The number of nitrogens with one attached hydrogen (secondary N) is 1. The SMILES string of the molecule is CCc1sccc1[C@]1(OC)CCCNC1. The van der Waals surface area contributed by atoms with Gasteiger partial charge in [0.25, 0.3) is 0 Å². The lowest BCUT2D eigenvalue weighted by atomic mass is 9.86. The first-order chi connectivity index (χ1) is 7.32. The highest BCUT2D eigenvalue weighted by Crippen LogP contribution is 2.36. The van der Waals surface area contributed by atoms with Crippen LogP contribution in [0.15, 0.2) is 11.4 Å². The number of rotatable bonds is 3. The van der Waals surface area contributed by atoms with Crippen LogP contribution in [0.2, 0.25) is 0 Å². The lowest BCUT2D eigenvalue weighted by Gasteiger charge is -2.37. The summed E-state index contributed by atoms with van der Waals surface area (Å²) < 4.78 is 5.81. The van der Waals surface area contributed by atoms with Gasteiger partial charge < -0.3 is 10.1 Å². The molecule has 15 heavy (non-hydrogen) atoms. The Balaban J connectivity index is 2.32. The van der Waals surface area contributed by atoms with Crippen LogP contribution < -0.4 is 5.32 Å². The number of hydrogen-bond donors (Lipinski definition) is 1. The van der Waals surface area contributed by atoms with Crippen LogP contribution in [0.25, 0.3) is 0 Å². The first-order valence-electron chi connectivity index (χ1n) is 5.65. The molecule has 2 heterocycles. The first kappa shape index (κ1) is 11.1. The number of aryl methyl sites for hydroxylation is 1. The van der Waals surface area contributed by atoms with E-state index in [1.807, 2.05) is 18.4 Å². The zero-order valence-corrected chi connectivity index (χ0v) is 10.3. The topological polar surface area (TPSA) is 21.3 Å². The smallest absolute Gasteiger partial charge is 0.106 e. The number of ether oxygens (including phenoxy) is 1. The molecule has 1 saturated heterocycles. The van der Waals surface area contributed by atoms with Crippen LogP contribution >= 0.6 is 11.3 Å². The number of thiophene rings is 1. The predicted octanol–water partition coefficient (Wildman–Crippen LogP) is 2.54. The van der Waals surface area contributed by atoms with Gasteiger partial charge >= 0.3 is 0 Å². The molecule has 0 spiro atoms. The summed E-state index contributed by atoms with van der Waals surface area (Å²) in [6.07, 6.45) is 3.45. The molecular weight excluding hydrogens is 206 g/mol. The van der Waals surface area contributed by atoms with Crippen LogP contribution in [-0.2, 0) is 16.8 Å². The van der Waals surface area contributed by atoms with Gasteiger partial charge in [-0.2, -0.15) is 0 Å². The molecule has 1 atom stereocenters. The Morgan fingerprint density at radius 2 is 2.47 bits per heavy atom. The zero-order chi connectivity index (χ0) is 10.7. The maximum absolute atomic E-state index is 5.81. The third kappa shape index (κ3) is 1.96. The summed E-state index contributed by atoms with van der Waals surface area (Å²) in [4.78, 5) is 1.47. The average Bonchev–Trinajstić information content (AvgIpc) is 2.78. The Labute approximate surface area is 95.6 Å². The summed E-state index contributed by atoms with van der Waals surface area (Å²) >= 11 is 1.85. The maximum Gasteiger partial charge on any atom is 0.106 e. The minimum absolute atomic E-state index is 0.0659. The fourth-order valence-corrected chi connectivity index (χ4v) is 3.33. The van der Waals surface area contributed by atoms with Crippen molar-refractivity contribution in [1.82, 2.24) is 5.32 Å². The van der Waals surface area contributed by atoms with Crippen molar-refractivity contribution in [3.05, 3.63) is 21.9 Å². The molecule has 1 N–H and O–H groups in total. The second-order valence-electron chi connectivity index (χ2n) is 4.09. The highest BCUT2D eigenvalue weighted by molar-refractivity contribution is 7.10. The molecular formula is C12H19NOS. The largest absolute Gasteiger partial charge is 0.372 e. The normalized spacial score (nSPS) is 26.8. The minimum atomic E-state index is -0.0659. The van der Waals surface area contributed by atoms with E-state index in [0.717, 1.165) is 25.9 Å². The van der Waals surface area contributed by atoms with Crippen molar-refractivity contribution >= 4 is 11.3 Å². The lowest BCUT2D eigenvalue weighted by molar-refractivity contribution is -0.0335. The van der Waals surface area contributed by atoms with Crippen LogP contribution in [-0.4, -0.2) is 20.2 Å². The Bertz CT molecular complexity index is 315. The molecule has 84 valence electrons. The van der Waals surface area contributed by atoms with Crippen LogP contribution in [0.1, 0.15) is 30.2 Å². The van der Waals surface area contributed by atoms with E-state index >= 15 is 0 Å². The van der Waals surface area contributed by atoms with E-state index in [-0.39, 0.29) is 5.60 Å². The summed E-state index contributed by atoms with van der Waals surface area (Å²) in [6.45, 7) is 4.29. The molecule has 0 saturated carbocycles. The third-order valence-corrected chi connectivity index (χ3v) is 4.36. The van der Waals surface area contributed by atoms with Gasteiger partial charge in [-0.25, -0.2) is 0 Å². The molecule has 1 aromatic rings. The Morgan fingerprint density at radius 1 is 1.60 bits per heavy atom. The van der Waals surface area contributed by atoms with Gasteiger partial charge in [-0.1, -0.05) is 6.92 Å². The van der Waals surface area contributed by atoms with Gasteiger partial charge in [0, 0.05) is 18.5 Å². The van der Waals surface area contributed by atoms with Crippen molar-refractivity contribution in [3.8, 4) is 0 Å². The van der Waals surface area contributed by atoms with E-state index < -0.39 is 0 Å². The molecule has 3 heteroatoms. The molecule has 1 fully saturated rings. The van der Waals surface area contributed by atoms with Crippen molar-refractivity contribution < 1.29 is 4.74 Å². The summed E-state index contributed by atoms with van der Waals surface area (Å²) in [6, 6.07) is 2.24. The van der Waals surface area contributed by atoms with E-state index in [2.05, 4.69) is 23.7 Å². The standard InChI is InChI=1S/C12H19NOS/c1-3-11-10(5-8-15-11)12(14-2)6-4-7-13-9-12/h5,8,13H,3-4,6-7,9H2,1-2H3/t12-/m0/s1. The Morgan fingerprint density at radius 3 is 3.07 bits per heavy atom. The molecule has 1 aliphatic heterocycles. The first-order valence-corrected chi connectivity index (χ1v) is 6.53. The van der Waals surface area contributed by atoms with Crippen molar-refractivity contribution in [2.45, 2.75) is 31.8 Å². The van der Waals surface area contributed by atoms with Gasteiger partial charge in [-0.05, 0) is 42.8 Å². The van der Waals surface area contributed by atoms with Crippen molar-refractivity contribution in [2.75, 3.05) is 20.2 Å². The van der Waals surface area contributed by atoms with Gasteiger partial charge in [0.1, 0.15) is 5.60 Å². The van der Waals surface area contributed by atoms with E-state index in [0.29, 0.717) is 0 Å². The minimum Gasteiger partial charge on any atom is -0.372 e. The van der Waals surface area contributed by atoms with Gasteiger partial charge in [0.15, 0.2) is 0 Å². The number of piperidine rings is 1. The molecule has 0 bridgehead atoms. The fraction of sp³-hybridized carbons (Fsp3) is 0.667. The molecule has 2 rings (SSSR count). The van der Waals surface area contributed by atoms with Gasteiger partial charge in [0.2, 0.25) is 0 Å². The number of hydrogen-bond acceptors (Lipinski definition) is 3. The summed E-state index contributed by atoms with van der Waals surface area (Å²) in [5.74, 6) is 0. The van der Waals surface area contributed by atoms with Crippen LogP contribution in [0.5, 0.6) is 0 Å². The van der Waals surface area contributed by atoms with E-state index in [9.17, 15) is 0 Å². The summed E-state index contributed by atoms with van der Waals surface area (Å²) in [7, 11) is 1.84. The van der Waals surface area contributed by atoms with Crippen molar-refractivity contribution in [1.29, 1.82) is 0 Å². The van der Waals surface area contributed by atoms with Crippen molar-refractivity contribution in [2.24, 2.45) is 0 Å². The van der Waals surface area contributed by atoms with E-state index in [1.165, 1.54) is 16.9 Å². The Hall–Kier alpha value is -0.380. The summed E-state index contributed by atoms with van der Waals surface area (Å²) in [5, 5.41) is 5.63. The molecule has 0 aromatic carbocycles. The molecule has 1 aliphatic rings. The van der Waals surface area contributed by atoms with E-state index in [1.54, 1.807) is 0 Å². The fourth-order valence-electron chi connectivity index (χ4n) is 2.41. The van der Waals surface area contributed by atoms with Crippen LogP contribution in [0.4, 0.5) is 0 Å². The quantitative estimate of drug-likeness (QED) is 0.853. The third-order valence-electron chi connectivity index (χ3n) is 3.29. The van der Waals surface area contributed by atoms with Crippen molar-refractivity contribution in [3.63, 3.8) is 0 Å². The molecule has 0 radical (unpaired) electrons. The van der Waals surface area contributed by atoms with Crippen LogP contribution in [0.3, 0.4) is 0 Å². The highest BCUT2D eigenvalue weighted by atomic mass is 32.1. The monoisotopic (exact) mass is 225 g/mol. The lowest BCUT2D eigenvalue weighted by Crippen LogP contribution is -2.44. The Kier molecular flexibility index (Phi) is 3.44. The molecule has 0 unspecified atom stereocenters. The van der Waals surface area contributed by atoms with Gasteiger partial charge in [0.05, 0.1) is 0 Å². The second-order valence-corrected chi connectivity index (χ2v) is 5.09. The molecule has 0 aliphatic carbocycles. The van der Waals surface area contributed by atoms with Crippen LogP contribution in [0, 0.1) is 0 Å². The van der Waals surface area contributed by atoms with E-state index in [4.69, 9.17) is 4.74 Å². The molecule has 2 nitrogen and oxygen atoms in total.